The fourth-order valence-corrected chi connectivity index (χ4v) is 2.40. The molecule has 1 saturated heterocycles. The molecule has 5 nitrogen and oxygen atoms in total. The van der Waals surface area contributed by atoms with Crippen LogP contribution in [0.25, 0.3) is 0 Å². The summed E-state index contributed by atoms with van der Waals surface area (Å²) >= 11 is 6.72. The largest absolute Gasteiger partial charge is 0.492 e. The fourth-order valence-electron chi connectivity index (χ4n) is 2.14. The van der Waals surface area contributed by atoms with E-state index in [0.717, 1.165) is 54.2 Å². The number of hydrogen-bond donors (Lipinski definition) is 0. The summed E-state index contributed by atoms with van der Waals surface area (Å²) in [5, 5.41) is 0. The van der Waals surface area contributed by atoms with Crippen LogP contribution in [0.1, 0.15) is 12.6 Å². The molecule has 0 spiro atoms. The van der Waals surface area contributed by atoms with Gasteiger partial charge in [-0.15, -0.1) is 11.8 Å². The maximum atomic E-state index is 5.84. The van der Waals surface area contributed by atoms with Gasteiger partial charge in [0, 0.05) is 31.9 Å². The molecule has 23 heavy (non-hydrogen) atoms. The second-order valence-corrected chi connectivity index (χ2v) is 6.81. The van der Waals surface area contributed by atoms with Gasteiger partial charge in [0.05, 0.1) is 35.4 Å². The first-order valence-electron chi connectivity index (χ1n) is 7.66. The predicted octanol–water partition coefficient (Wildman–Crippen LogP) is 2.29. The highest BCUT2D eigenvalue weighted by molar-refractivity contribution is 8.22. The fraction of sp³-hybridized carbons (Fsp3) is 0.562. The van der Waals surface area contributed by atoms with Crippen molar-refractivity contribution in [1.29, 1.82) is 0 Å². The van der Waals surface area contributed by atoms with E-state index in [4.69, 9.17) is 21.7 Å². The monoisotopic (exact) mass is 353 g/mol. The molecule has 0 radical (unpaired) electrons. The van der Waals surface area contributed by atoms with Crippen molar-refractivity contribution < 1.29 is 9.47 Å². The molecule has 1 aliphatic heterocycles. The number of hydrogen-bond acceptors (Lipinski definition) is 7. The summed E-state index contributed by atoms with van der Waals surface area (Å²) in [7, 11) is 0. The van der Waals surface area contributed by atoms with Gasteiger partial charge < -0.3 is 9.47 Å². The van der Waals surface area contributed by atoms with Crippen molar-refractivity contribution in [1.82, 2.24) is 9.88 Å². The van der Waals surface area contributed by atoms with Gasteiger partial charge in [-0.3, -0.25) is 14.9 Å². The summed E-state index contributed by atoms with van der Waals surface area (Å²) in [5.74, 6) is 0.824. The zero-order valence-corrected chi connectivity index (χ0v) is 15.3. The summed E-state index contributed by atoms with van der Waals surface area (Å²) in [6.45, 7) is 7.65. The maximum absolute atomic E-state index is 5.84. The third-order valence-electron chi connectivity index (χ3n) is 3.56. The van der Waals surface area contributed by atoms with Crippen molar-refractivity contribution in [3.63, 3.8) is 0 Å². The Labute approximate surface area is 147 Å². The number of nitrogens with zero attached hydrogens (tertiary/aromatic N) is 3. The van der Waals surface area contributed by atoms with Crippen LogP contribution < -0.4 is 4.74 Å². The molecule has 1 fully saturated rings. The van der Waals surface area contributed by atoms with E-state index in [9.17, 15) is 0 Å². The van der Waals surface area contributed by atoms with E-state index >= 15 is 0 Å². The van der Waals surface area contributed by atoms with Gasteiger partial charge in [-0.05, 0) is 19.2 Å². The van der Waals surface area contributed by atoms with E-state index in [1.165, 1.54) is 0 Å². The molecular formula is C16H23N3O2S2. The van der Waals surface area contributed by atoms with Crippen LogP contribution in [0.2, 0.25) is 0 Å². The number of rotatable bonds is 7. The van der Waals surface area contributed by atoms with Crippen molar-refractivity contribution in [3.05, 3.63) is 24.0 Å². The second-order valence-electron chi connectivity index (χ2n) is 5.16. The third kappa shape index (κ3) is 6.55. The molecule has 1 aromatic rings. The Kier molecular flexibility index (Phi) is 7.94. The van der Waals surface area contributed by atoms with Crippen molar-refractivity contribution in [2.24, 2.45) is 4.99 Å². The standard InChI is InChI=1S/C16H23N3O2S2/c1-13(18-12-16(22)23-2)15-11-14(3-4-17-15)21-10-7-19-5-8-20-9-6-19/h3-4,11H,5-10,12H2,1-2H3. The summed E-state index contributed by atoms with van der Waals surface area (Å²) in [6.07, 6.45) is 3.72. The van der Waals surface area contributed by atoms with Gasteiger partial charge in [0.15, 0.2) is 0 Å². The Balaban J connectivity index is 1.84. The van der Waals surface area contributed by atoms with Crippen LogP contribution in [0.4, 0.5) is 0 Å². The molecule has 0 saturated carbocycles. The second kappa shape index (κ2) is 9.97. The lowest BCUT2D eigenvalue weighted by molar-refractivity contribution is 0.0322. The number of thiocarbonyl (C=S) groups is 1. The highest BCUT2D eigenvalue weighted by Crippen LogP contribution is 2.12. The van der Waals surface area contributed by atoms with Crippen LogP contribution >= 0.6 is 24.0 Å². The lowest BCUT2D eigenvalue weighted by atomic mass is 10.2. The quantitative estimate of drug-likeness (QED) is 0.554. The minimum atomic E-state index is 0.548. The molecule has 1 aliphatic rings. The number of morpholine rings is 1. The number of aliphatic imine (C=N–C) groups is 1. The highest BCUT2D eigenvalue weighted by Gasteiger charge is 2.10. The van der Waals surface area contributed by atoms with Crippen molar-refractivity contribution in [3.8, 4) is 5.75 Å². The van der Waals surface area contributed by atoms with E-state index in [0.29, 0.717) is 13.2 Å². The average molecular weight is 354 g/mol. The highest BCUT2D eigenvalue weighted by atomic mass is 32.2. The Hall–Kier alpha value is -1.02. The molecule has 0 unspecified atom stereocenters. The van der Waals surface area contributed by atoms with Crippen molar-refractivity contribution in [2.45, 2.75) is 6.92 Å². The molecule has 0 aromatic carbocycles. The van der Waals surface area contributed by atoms with E-state index in [1.54, 1.807) is 18.0 Å². The predicted molar refractivity (Wildman–Crippen MR) is 100 cm³/mol. The van der Waals surface area contributed by atoms with Gasteiger partial charge in [-0.2, -0.15) is 0 Å². The average Bonchev–Trinajstić information content (AvgIpc) is 2.60. The van der Waals surface area contributed by atoms with Gasteiger partial charge in [0.25, 0.3) is 0 Å². The molecule has 1 aromatic heterocycles. The van der Waals surface area contributed by atoms with E-state index in [-0.39, 0.29) is 0 Å². The SMILES string of the molecule is CSC(=S)CN=C(C)c1cc(OCCN2CCOCC2)ccn1. The molecule has 2 heterocycles. The van der Waals surface area contributed by atoms with Crippen LogP contribution in [0.5, 0.6) is 5.75 Å². The van der Waals surface area contributed by atoms with Crippen LogP contribution in [-0.2, 0) is 4.74 Å². The molecule has 0 atom stereocenters. The van der Waals surface area contributed by atoms with Crippen LogP contribution in [0.3, 0.4) is 0 Å². The Morgan fingerprint density at radius 3 is 3.00 bits per heavy atom. The zero-order valence-electron chi connectivity index (χ0n) is 13.7. The topological polar surface area (TPSA) is 47.0 Å². The summed E-state index contributed by atoms with van der Waals surface area (Å²) in [4.78, 5) is 11.2. The maximum Gasteiger partial charge on any atom is 0.123 e. The first-order valence-corrected chi connectivity index (χ1v) is 9.29. The molecule has 126 valence electrons. The van der Waals surface area contributed by atoms with Crippen LogP contribution in [0, 0.1) is 0 Å². The summed E-state index contributed by atoms with van der Waals surface area (Å²) < 4.78 is 12.1. The number of pyridine rings is 1. The van der Waals surface area contributed by atoms with Gasteiger partial charge in [0.2, 0.25) is 0 Å². The van der Waals surface area contributed by atoms with Gasteiger partial charge in [-0.25, -0.2) is 0 Å². The minimum absolute atomic E-state index is 0.548. The van der Waals surface area contributed by atoms with Crippen LogP contribution in [-0.4, -0.2) is 72.0 Å². The zero-order chi connectivity index (χ0) is 16.5. The first-order chi connectivity index (χ1) is 11.2. The minimum Gasteiger partial charge on any atom is -0.492 e. The van der Waals surface area contributed by atoms with E-state index < -0.39 is 0 Å². The molecular weight excluding hydrogens is 330 g/mol. The third-order valence-corrected chi connectivity index (χ3v) is 4.77. The molecule has 7 heteroatoms. The lowest BCUT2D eigenvalue weighted by Gasteiger charge is -2.26. The van der Waals surface area contributed by atoms with Crippen LogP contribution in [0.15, 0.2) is 23.3 Å². The Bertz CT molecular complexity index is 546. The Morgan fingerprint density at radius 1 is 1.48 bits per heavy atom. The van der Waals surface area contributed by atoms with Crippen molar-refractivity contribution >= 4 is 33.9 Å². The van der Waals surface area contributed by atoms with Gasteiger partial charge >= 0.3 is 0 Å². The number of thioether (sulfide) groups is 1. The molecule has 0 amide bonds. The Morgan fingerprint density at radius 2 is 2.26 bits per heavy atom. The summed E-state index contributed by atoms with van der Waals surface area (Å²) in [6, 6.07) is 3.81. The first kappa shape index (κ1) is 18.3. The number of aromatic nitrogens is 1. The smallest absolute Gasteiger partial charge is 0.123 e. The molecule has 0 N–H and O–H groups in total. The van der Waals surface area contributed by atoms with Gasteiger partial charge in [0.1, 0.15) is 12.4 Å². The molecule has 0 bridgehead atoms. The normalized spacial score (nSPS) is 16.3. The van der Waals surface area contributed by atoms with E-state index in [1.807, 2.05) is 25.3 Å². The van der Waals surface area contributed by atoms with E-state index in [2.05, 4.69) is 14.9 Å². The lowest BCUT2D eigenvalue weighted by Crippen LogP contribution is -2.38. The summed E-state index contributed by atoms with van der Waals surface area (Å²) in [5.41, 5.74) is 1.71. The molecule has 2 rings (SSSR count). The van der Waals surface area contributed by atoms with Crippen molar-refractivity contribution in [2.75, 3.05) is 52.3 Å². The van der Waals surface area contributed by atoms with Gasteiger partial charge in [-0.1, -0.05) is 12.2 Å². The molecule has 0 aliphatic carbocycles. The number of ether oxygens (including phenoxy) is 2.